The zero-order chi connectivity index (χ0) is 49.7. The third-order valence-electron chi connectivity index (χ3n) is 13.7. The molecule has 0 aliphatic carbocycles. The Morgan fingerprint density at radius 1 is 0.529 bits per heavy atom. The summed E-state index contributed by atoms with van der Waals surface area (Å²) in [5, 5.41) is 76.1. The first-order valence-electron chi connectivity index (χ1n) is 28.4. The zero-order valence-corrected chi connectivity index (χ0v) is 43.6. The van der Waals surface area contributed by atoms with Crippen LogP contribution in [0.2, 0.25) is 0 Å². The van der Waals surface area contributed by atoms with E-state index in [9.17, 15) is 40.5 Å². The maximum absolute atomic E-state index is 13.2. The van der Waals surface area contributed by atoms with E-state index in [1.54, 1.807) is 0 Å². The van der Waals surface area contributed by atoms with Crippen molar-refractivity contribution in [3.8, 4) is 0 Å². The van der Waals surface area contributed by atoms with Crippen LogP contribution in [0.3, 0.4) is 0 Å². The van der Waals surface area contributed by atoms with E-state index in [-0.39, 0.29) is 12.8 Å². The third kappa shape index (κ3) is 34.6. The van der Waals surface area contributed by atoms with Crippen molar-refractivity contribution < 1.29 is 50.0 Å². The van der Waals surface area contributed by atoms with Crippen LogP contribution in [0.15, 0.2) is 36.5 Å². The number of aliphatic hydroxyl groups excluding tert-OH is 7. The number of unbranched alkanes of at least 4 members (excludes halogenated alkanes) is 30. The molecule has 1 saturated heterocycles. The molecule has 0 spiro atoms. The number of carbonyl (C=O) groups is 1. The molecule has 0 aromatic heterocycles. The molecule has 0 aromatic carbocycles. The number of rotatable bonds is 48. The maximum atomic E-state index is 13.2. The molecule has 1 aliphatic heterocycles. The monoisotopic (exact) mass is 966 g/mol. The number of allylic oxidation sites excluding steroid dienone is 6. The predicted octanol–water partition coefficient (Wildman–Crippen LogP) is 11.5. The highest BCUT2D eigenvalue weighted by Crippen LogP contribution is 2.23. The largest absolute Gasteiger partial charge is 0.394 e. The summed E-state index contributed by atoms with van der Waals surface area (Å²) in [7, 11) is 0. The second kappa shape index (κ2) is 46.4. The van der Waals surface area contributed by atoms with Gasteiger partial charge in [0.2, 0.25) is 5.91 Å². The average molecular weight is 966 g/mol. The van der Waals surface area contributed by atoms with Crippen molar-refractivity contribution in [3.05, 3.63) is 36.5 Å². The minimum atomic E-state index is -1.67. The highest BCUT2D eigenvalue weighted by molar-refractivity contribution is 5.80. The van der Waals surface area contributed by atoms with Crippen LogP contribution in [0.4, 0.5) is 0 Å². The molecule has 1 amide bonds. The molecule has 11 heteroatoms. The van der Waals surface area contributed by atoms with Crippen molar-refractivity contribution in [2.45, 2.75) is 306 Å². The fourth-order valence-corrected chi connectivity index (χ4v) is 9.07. The topological polar surface area (TPSA) is 189 Å². The molecule has 0 saturated carbocycles. The predicted molar refractivity (Wildman–Crippen MR) is 279 cm³/mol. The molecular weight excluding hydrogens is 859 g/mol. The van der Waals surface area contributed by atoms with Gasteiger partial charge in [0.15, 0.2) is 6.29 Å². The van der Waals surface area contributed by atoms with Gasteiger partial charge < -0.3 is 50.5 Å². The minimum absolute atomic E-state index is 0.253. The van der Waals surface area contributed by atoms with E-state index in [0.717, 1.165) is 51.4 Å². The van der Waals surface area contributed by atoms with Crippen molar-refractivity contribution >= 4 is 5.91 Å². The Bertz CT molecular complexity index is 1200. The number of hydrogen-bond acceptors (Lipinski definition) is 10. The first kappa shape index (κ1) is 64.3. The van der Waals surface area contributed by atoms with Crippen molar-refractivity contribution in [2.24, 2.45) is 0 Å². The van der Waals surface area contributed by atoms with Crippen LogP contribution in [-0.2, 0) is 14.3 Å². The van der Waals surface area contributed by atoms with Crippen molar-refractivity contribution in [1.29, 1.82) is 0 Å². The van der Waals surface area contributed by atoms with E-state index in [2.05, 4.69) is 55.6 Å². The Hall–Kier alpha value is -1.67. The van der Waals surface area contributed by atoms with Gasteiger partial charge in [0.1, 0.15) is 36.6 Å². The number of amides is 1. The first-order valence-corrected chi connectivity index (χ1v) is 28.4. The normalized spacial score (nSPS) is 20.8. The molecule has 68 heavy (non-hydrogen) atoms. The van der Waals surface area contributed by atoms with Gasteiger partial charge in [-0.3, -0.25) is 4.79 Å². The van der Waals surface area contributed by atoms with E-state index in [1.807, 2.05) is 0 Å². The van der Waals surface area contributed by atoms with Crippen LogP contribution in [0.25, 0.3) is 0 Å². The molecule has 9 unspecified atom stereocenters. The van der Waals surface area contributed by atoms with Crippen LogP contribution < -0.4 is 5.32 Å². The molecule has 8 N–H and O–H groups in total. The van der Waals surface area contributed by atoms with Crippen molar-refractivity contribution in [2.75, 3.05) is 13.2 Å². The molecule has 0 aromatic rings. The summed E-state index contributed by atoms with van der Waals surface area (Å²) in [6.07, 6.45) is 44.8. The van der Waals surface area contributed by atoms with E-state index in [4.69, 9.17) is 9.47 Å². The lowest BCUT2D eigenvalue weighted by molar-refractivity contribution is -0.303. The highest BCUT2D eigenvalue weighted by Gasteiger charge is 2.44. The molecule has 0 radical (unpaired) electrons. The lowest BCUT2D eigenvalue weighted by Crippen LogP contribution is -2.60. The lowest BCUT2D eigenvalue weighted by Gasteiger charge is -2.40. The molecular formula is C57H107NO10. The van der Waals surface area contributed by atoms with E-state index < -0.39 is 74.2 Å². The Kier molecular flexibility index (Phi) is 43.9. The maximum Gasteiger partial charge on any atom is 0.249 e. The van der Waals surface area contributed by atoms with Gasteiger partial charge in [-0.2, -0.15) is 0 Å². The Morgan fingerprint density at radius 3 is 1.43 bits per heavy atom. The van der Waals surface area contributed by atoms with Crippen LogP contribution in [0.1, 0.15) is 251 Å². The molecule has 1 fully saturated rings. The van der Waals surface area contributed by atoms with Gasteiger partial charge in [0.25, 0.3) is 0 Å². The lowest BCUT2D eigenvalue weighted by atomic mass is 9.98. The summed E-state index contributed by atoms with van der Waals surface area (Å²) in [5.74, 6) is -0.706. The molecule has 9 atom stereocenters. The van der Waals surface area contributed by atoms with Gasteiger partial charge in [-0.05, 0) is 64.2 Å². The summed E-state index contributed by atoms with van der Waals surface area (Å²) in [6, 6.07) is -1.18. The Labute approximate surface area is 416 Å². The van der Waals surface area contributed by atoms with Crippen LogP contribution >= 0.6 is 0 Å². The van der Waals surface area contributed by atoms with E-state index in [0.29, 0.717) is 12.8 Å². The van der Waals surface area contributed by atoms with Crippen LogP contribution in [-0.4, -0.2) is 110 Å². The first-order chi connectivity index (χ1) is 33.2. The standard InChI is InChI=1S/C57H107NO10/c1-3-5-7-9-11-13-15-17-19-21-23-25-27-28-30-32-34-36-38-40-42-44-49(60)52(62)48(47-67-57-55(65)54(64)53(63)51(46-59)68-57)58-56(66)50(61)45-43-41-39-37-35-33-31-29-26-24-22-20-18-16-14-12-10-8-6-4-2/h6,8,12,14,36,38,48-55,57,59-65H,3-5,7,9-11,13,15-35,37,39-47H2,1-2H3,(H,58,66)/b8-6-,14-12-,38-36+. The second-order valence-electron chi connectivity index (χ2n) is 20.0. The summed E-state index contributed by atoms with van der Waals surface area (Å²) < 4.78 is 11.1. The SMILES string of the molecule is CC/C=C\C/C=C\CCCCCCCCCCCCCCCC(O)C(=O)NC(COC1OC(CO)C(O)C(O)C1O)C(O)C(O)CCC/C=C/CCCCCCCCCCCCCCCCCC. The van der Waals surface area contributed by atoms with Crippen molar-refractivity contribution in [1.82, 2.24) is 5.32 Å². The highest BCUT2D eigenvalue weighted by atomic mass is 16.7. The van der Waals surface area contributed by atoms with Gasteiger partial charge in [-0.25, -0.2) is 0 Å². The fourth-order valence-electron chi connectivity index (χ4n) is 9.07. The Morgan fingerprint density at radius 2 is 0.956 bits per heavy atom. The van der Waals surface area contributed by atoms with Crippen molar-refractivity contribution in [3.63, 3.8) is 0 Å². The third-order valence-corrected chi connectivity index (χ3v) is 13.7. The van der Waals surface area contributed by atoms with E-state index >= 15 is 0 Å². The molecule has 400 valence electrons. The van der Waals surface area contributed by atoms with Gasteiger partial charge >= 0.3 is 0 Å². The molecule has 1 rings (SSSR count). The fraction of sp³-hybridized carbons (Fsp3) is 0.877. The smallest absolute Gasteiger partial charge is 0.249 e. The summed E-state index contributed by atoms with van der Waals surface area (Å²) in [4.78, 5) is 13.2. The number of nitrogens with one attached hydrogen (secondary N) is 1. The van der Waals surface area contributed by atoms with Crippen LogP contribution in [0, 0.1) is 0 Å². The average Bonchev–Trinajstić information content (AvgIpc) is 3.34. The number of hydrogen-bond donors (Lipinski definition) is 8. The van der Waals surface area contributed by atoms with Gasteiger partial charge in [0, 0.05) is 0 Å². The van der Waals surface area contributed by atoms with Gasteiger partial charge in [-0.1, -0.05) is 224 Å². The van der Waals surface area contributed by atoms with E-state index in [1.165, 1.54) is 161 Å². The van der Waals surface area contributed by atoms with Crippen LogP contribution in [0.5, 0.6) is 0 Å². The molecule has 1 aliphatic rings. The molecule has 11 nitrogen and oxygen atoms in total. The number of ether oxygens (including phenoxy) is 2. The summed E-state index contributed by atoms with van der Waals surface area (Å²) >= 11 is 0. The molecule has 0 bridgehead atoms. The zero-order valence-electron chi connectivity index (χ0n) is 43.6. The van der Waals surface area contributed by atoms with Gasteiger partial charge in [-0.15, -0.1) is 0 Å². The second-order valence-corrected chi connectivity index (χ2v) is 20.0. The van der Waals surface area contributed by atoms with Gasteiger partial charge in [0.05, 0.1) is 25.4 Å². The number of aliphatic hydroxyl groups is 7. The minimum Gasteiger partial charge on any atom is -0.394 e. The quantitative estimate of drug-likeness (QED) is 0.0215. The summed E-state index contributed by atoms with van der Waals surface area (Å²) in [6.45, 7) is 3.36. The Balaban J connectivity index is 2.34. The molecule has 1 heterocycles. The number of carbonyl (C=O) groups excluding carboxylic acids is 1. The summed E-state index contributed by atoms with van der Waals surface area (Å²) in [5.41, 5.74) is 0.